The lowest BCUT2D eigenvalue weighted by molar-refractivity contribution is -0.144. The lowest BCUT2D eigenvalue weighted by Gasteiger charge is -2.32. The minimum atomic E-state index is -0.363. The number of likely N-dealkylation sites (tertiary alicyclic amines) is 1. The lowest BCUT2D eigenvalue weighted by Crippen LogP contribution is -2.46. The molecule has 0 aromatic heterocycles. The summed E-state index contributed by atoms with van der Waals surface area (Å²) in [6.45, 7) is 3.17. The van der Waals surface area contributed by atoms with Gasteiger partial charge in [-0.1, -0.05) is 23.7 Å². The van der Waals surface area contributed by atoms with E-state index in [-0.39, 0.29) is 36.7 Å². The van der Waals surface area contributed by atoms with Crippen LogP contribution in [0.15, 0.2) is 24.3 Å². The molecule has 6 nitrogen and oxygen atoms in total. The fourth-order valence-electron chi connectivity index (χ4n) is 2.78. The second kappa shape index (κ2) is 9.42. The fraction of sp³-hybridized carbons (Fsp3) is 0.500. The van der Waals surface area contributed by atoms with Gasteiger partial charge in [-0.2, -0.15) is 0 Å². The molecular weight excluding hydrogens is 344 g/mol. The summed E-state index contributed by atoms with van der Waals surface area (Å²) in [5.41, 5.74) is 0.501. The third-order valence-corrected chi connectivity index (χ3v) is 4.44. The number of amides is 2. The number of nitrogens with one attached hydrogen (secondary N) is 1. The quantitative estimate of drug-likeness (QED) is 0.784. The Bertz CT molecular complexity index is 627. The molecule has 1 aliphatic heterocycles. The van der Waals surface area contributed by atoms with Gasteiger partial charge in [-0.3, -0.25) is 14.4 Å². The molecule has 0 atom stereocenters. The van der Waals surface area contributed by atoms with Crippen molar-refractivity contribution in [2.45, 2.75) is 38.6 Å². The van der Waals surface area contributed by atoms with Crippen LogP contribution in [-0.4, -0.2) is 48.4 Å². The molecule has 1 heterocycles. The Morgan fingerprint density at radius 2 is 1.88 bits per heavy atom. The largest absolute Gasteiger partial charge is 0.466 e. The van der Waals surface area contributed by atoms with E-state index in [1.165, 1.54) is 0 Å². The standard InChI is InChI=1S/C18H23ClN2O4/c1-2-25-17(23)8-7-16(22)20-13-9-11-21(12-10-13)18(24)14-5-3-4-6-15(14)19/h3-6,13H,2,7-12H2,1H3,(H,20,22). The van der Waals surface area contributed by atoms with Crippen LogP contribution in [-0.2, 0) is 14.3 Å². The Hall–Kier alpha value is -2.08. The molecule has 2 rings (SSSR count). The van der Waals surface area contributed by atoms with Crippen molar-refractivity contribution in [2.24, 2.45) is 0 Å². The summed E-state index contributed by atoms with van der Waals surface area (Å²) in [6, 6.07) is 7.01. The summed E-state index contributed by atoms with van der Waals surface area (Å²) in [5.74, 6) is -0.612. The number of hydrogen-bond donors (Lipinski definition) is 1. The van der Waals surface area contributed by atoms with E-state index in [2.05, 4.69) is 5.32 Å². The Labute approximate surface area is 152 Å². The van der Waals surface area contributed by atoms with E-state index < -0.39 is 0 Å². The number of benzene rings is 1. The van der Waals surface area contributed by atoms with Crippen LogP contribution in [0, 0.1) is 0 Å². The summed E-state index contributed by atoms with van der Waals surface area (Å²) >= 11 is 6.08. The van der Waals surface area contributed by atoms with Gasteiger partial charge in [0, 0.05) is 25.6 Å². The van der Waals surface area contributed by atoms with Crippen molar-refractivity contribution < 1.29 is 19.1 Å². The molecule has 1 N–H and O–H groups in total. The number of esters is 1. The summed E-state index contributed by atoms with van der Waals surface area (Å²) in [7, 11) is 0. The fourth-order valence-corrected chi connectivity index (χ4v) is 3.00. The van der Waals surface area contributed by atoms with Gasteiger partial charge in [-0.15, -0.1) is 0 Å². The van der Waals surface area contributed by atoms with Gasteiger partial charge in [0.15, 0.2) is 0 Å². The van der Waals surface area contributed by atoms with Gasteiger partial charge < -0.3 is 15.0 Å². The van der Waals surface area contributed by atoms with E-state index in [0.717, 1.165) is 0 Å². The molecule has 1 aromatic carbocycles. The van der Waals surface area contributed by atoms with E-state index in [0.29, 0.717) is 43.1 Å². The first kappa shape index (κ1) is 19.2. The topological polar surface area (TPSA) is 75.7 Å². The molecule has 7 heteroatoms. The molecule has 0 saturated carbocycles. The highest BCUT2D eigenvalue weighted by atomic mass is 35.5. The molecule has 1 fully saturated rings. The van der Waals surface area contributed by atoms with Gasteiger partial charge in [-0.05, 0) is 31.9 Å². The smallest absolute Gasteiger partial charge is 0.306 e. The zero-order chi connectivity index (χ0) is 18.2. The molecule has 0 unspecified atom stereocenters. The molecule has 0 radical (unpaired) electrons. The minimum Gasteiger partial charge on any atom is -0.466 e. The van der Waals surface area contributed by atoms with Crippen LogP contribution in [0.2, 0.25) is 5.02 Å². The van der Waals surface area contributed by atoms with Crippen molar-refractivity contribution in [3.8, 4) is 0 Å². The monoisotopic (exact) mass is 366 g/mol. The first-order chi connectivity index (χ1) is 12.0. The van der Waals surface area contributed by atoms with Crippen molar-refractivity contribution in [1.29, 1.82) is 0 Å². The van der Waals surface area contributed by atoms with Crippen molar-refractivity contribution in [3.05, 3.63) is 34.9 Å². The van der Waals surface area contributed by atoms with Gasteiger partial charge in [0.1, 0.15) is 0 Å². The van der Waals surface area contributed by atoms with Crippen LogP contribution in [0.25, 0.3) is 0 Å². The summed E-state index contributed by atoms with van der Waals surface area (Å²) in [5, 5.41) is 3.36. The first-order valence-electron chi connectivity index (χ1n) is 8.50. The molecule has 1 aliphatic rings. The van der Waals surface area contributed by atoms with Gasteiger partial charge in [-0.25, -0.2) is 0 Å². The predicted molar refractivity (Wildman–Crippen MR) is 94.4 cm³/mol. The maximum atomic E-state index is 12.5. The van der Waals surface area contributed by atoms with Gasteiger partial charge in [0.2, 0.25) is 5.91 Å². The van der Waals surface area contributed by atoms with Crippen molar-refractivity contribution in [2.75, 3.05) is 19.7 Å². The highest BCUT2D eigenvalue weighted by Crippen LogP contribution is 2.20. The van der Waals surface area contributed by atoms with E-state index >= 15 is 0 Å². The van der Waals surface area contributed by atoms with E-state index in [1.54, 1.807) is 36.1 Å². The number of piperidine rings is 1. The van der Waals surface area contributed by atoms with Crippen LogP contribution >= 0.6 is 11.6 Å². The van der Waals surface area contributed by atoms with Gasteiger partial charge >= 0.3 is 5.97 Å². The van der Waals surface area contributed by atoms with E-state index in [4.69, 9.17) is 16.3 Å². The van der Waals surface area contributed by atoms with Crippen LogP contribution in [0.4, 0.5) is 0 Å². The molecule has 0 bridgehead atoms. The maximum absolute atomic E-state index is 12.5. The minimum absolute atomic E-state index is 0.0185. The van der Waals surface area contributed by atoms with Crippen LogP contribution < -0.4 is 5.32 Å². The van der Waals surface area contributed by atoms with E-state index in [1.807, 2.05) is 0 Å². The molecule has 25 heavy (non-hydrogen) atoms. The third-order valence-electron chi connectivity index (χ3n) is 4.11. The number of ether oxygens (including phenoxy) is 1. The van der Waals surface area contributed by atoms with Crippen molar-refractivity contribution in [1.82, 2.24) is 10.2 Å². The SMILES string of the molecule is CCOC(=O)CCC(=O)NC1CCN(C(=O)c2ccccc2Cl)CC1. The number of halogens is 1. The number of carbonyl (C=O) groups excluding carboxylic acids is 3. The zero-order valence-corrected chi connectivity index (χ0v) is 15.1. The molecule has 1 saturated heterocycles. The van der Waals surface area contributed by atoms with Crippen LogP contribution in [0.5, 0.6) is 0 Å². The normalized spacial score (nSPS) is 14.9. The van der Waals surface area contributed by atoms with Crippen molar-refractivity contribution >= 4 is 29.4 Å². The Kier molecular flexibility index (Phi) is 7.25. The van der Waals surface area contributed by atoms with Gasteiger partial charge in [0.25, 0.3) is 5.91 Å². The molecular formula is C18H23ClN2O4. The van der Waals surface area contributed by atoms with Crippen molar-refractivity contribution in [3.63, 3.8) is 0 Å². The average molecular weight is 367 g/mol. The third kappa shape index (κ3) is 5.74. The Morgan fingerprint density at radius 3 is 2.52 bits per heavy atom. The number of nitrogens with zero attached hydrogens (tertiary/aromatic N) is 1. The lowest BCUT2D eigenvalue weighted by atomic mass is 10.0. The Morgan fingerprint density at radius 1 is 1.20 bits per heavy atom. The predicted octanol–water partition coefficient (Wildman–Crippen LogP) is 2.40. The molecule has 0 aliphatic carbocycles. The van der Waals surface area contributed by atoms with E-state index in [9.17, 15) is 14.4 Å². The average Bonchev–Trinajstić information content (AvgIpc) is 2.61. The molecule has 136 valence electrons. The second-order valence-electron chi connectivity index (χ2n) is 5.92. The number of hydrogen-bond acceptors (Lipinski definition) is 4. The highest BCUT2D eigenvalue weighted by Gasteiger charge is 2.25. The summed E-state index contributed by atoms with van der Waals surface area (Å²) < 4.78 is 4.80. The summed E-state index contributed by atoms with van der Waals surface area (Å²) in [4.78, 5) is 37.4. The molecule has 0 spiro atoms. The first-order valence-corrected chi connectivity index (χ1v) is 8.87. The van der Waals surface area contributed by atoms with Crippen LogP contribution in [0.1, 0.15) is 43.0 Å². The Balaban J connectivity index is 1.76. The zero-order valence-electron chi connectivity index (χ0n) is 14.3. The number of carbonyl (C=O) groups is 3. The number of rotatable bonds is 6. The molecule has 2 amide bonds. The second-order valence-corrected chi connectivity index (χ2v) is 6.33. The maximum Gasteiger partial charge on any atom is 0.306 e. The van der Waals surface area contributed by atoms with Crippen LogP contribution in [0.3, 0.4) is 0 Å². The summed E-state index contributed by atoms with van der Waals surface area (Å²) in [6.07, 6.45) is 1.57. The van der Waals surface area contributed by atoms with Gasteiger partial charge in [0.05, 0.1) is 23.6 Å². The molecule has 1 aromatic rings. The highest BCUT2D eigenvalue weighted by molar-refractivity contribution is 6.33.